The first-order valence-corrected chi connectivity index (χ1v) is 11.5. The number of ether oxygens (including phenoxy) is 1. The van der Waals surface area contributed by atoms with Gasteiger partial charge < -0.3 is 23.9 Å². The fraction of sp³-hybridized carbons (Fsp3) is 0.222. The molecule has 0 radical (unpaired) electrons. The first-order valence-electron chi connectivity index (χ1n) is 11.5. The smallest absolute Gasteiger partial charge is 0.278 e. The first kappa shape index (κ1) is 24.9. The summed E-state index contributed by atoms with van der Waals surface area (Å²) in [5.41, 5.74) is 0.318. The second-order valence-corrected chi connectivity index (χ2v) is 8.64. The maximum Gasteiger partial charge on any atom is 0.278 e. The molecule has 1 amide bonds. The lowest BCUT2D eigenvalue weighted by atomic mass is 10.2. The average Bonchev–Trinajstić information content (AvgIpc) is 2.87. The molecule has 0 fully saturated rings. The zero-order valence-corrected chi connectivity index (χ0v) is 20.1. The van der Waals surface area contributed by atoms with E-state index in [1.165, 1.54) is 27.3 Å². The van der Waals surface area contributed by atoms with Crippen molar-refractivity contribution in [2.24, 2.45) is 0 Å². The number of halogens is 1. The lowest BCUT2D eigenvalue weighted by Gasteiger charge is -2.15. The number of fused-ring (bicyclic) bond motifs is 1. The van der Waals surface area contributed by atoms with E-state index in [1.54, 1.807) is 24.5 Å². The number of pyridine rings is 1. The van der Waals surface area contributed by atoms with Crippen molar-refractivity contribution in [1.82, 2.24) is 19.2 Å². The van der Waals surface area contributed by atoms with Gasteiger partial charge in [0.05, 0.1) is 0 Å². The van der Waals surface area contributed by atoms with Crippen LogP contribution in [0, 0.1) is 5.82 Å². The number of rotatable bonds is 9. The Morgan fingerprint density at radius 3 is 2.42 bits per heavy atom. The molecule has 2 aromatic carbocycles. The summed E-state index contributed by atoms with van der Waals surface area (Å²) in [5, 5.41) is 2.68. The van der Waals surface area contributed by atoms with Gasteiger partial charge in [-0.3, -0.25) is 14.4 Å². The second kappa shape index (κ2) is 11.0. The van der Waals surface area contributed by atoms with Crippen LogP contribution < -0.4 is 21.0 Å². The quantitative estimate of drug-likeness (QED) is 0.390. The molecule has 0 saturated heterocycles. The number of nitrogens with one attached hydrogen (secondary N) is 1. The van der Waals surface area contributed by atoms with Gasteiger partial charge in [-0.15, -0.1) is 0 Å². The Morgan fingerprint density at radius 2 is 1.72 bits per heavy atom. The number of hydrogen-bond donors (Lipinski definition) is 1. The number of carbonyl (C=O) groups excluding carboxylic acids is 1. The predicted molar refractivity (Wildman–Crippen MR) is 135 cm³/mol. The van der Waals surface area contributed by atoms with Crippen LogP contribution in [0.1, 0.15) is 21.5 Å². The van der Waals surface area contributed by atoms with Crippen LogP contribution in [0.4, 0.5) is 4.39 Å². The molecule has 0 atom stereocenters. The van der Waals surface area contributed by atoms with Gasteiger partial charge in [-0.05, 0) is 37.4 Å². The van der Waals surface area contributed by atoms with Crippen LogP contribution >= 0.6 is 0 Å². The SMILES string of the molecule is CN(C)CCn1ccn2cc(C(=O)NCc3ccc(F)cc3)c(=O)c(OCc3ccccc3)c2c1=O. The maximum absolute atomic E-state index is 13.4. The van der Waals surface area contributed by atoms with Crippen LogP contribution in [0.5, 0.6) is 5.75 Å². The lowest BCUT2D eigenvalue weighted by Crippen LogP contribution is -2.32. The van der Waals surface area contributed by atoms with E-state index in [0.717, 1.165) is 5.56 Å². The third-order valence-electron chi connectivity index (χ3n) is 5.69. The summed E-state index contributed by atoms with van der Waals surface area (Å²) in [6, 6.07) is 14.9. The second-order valence-electron chi connectivity index (χ2n) is 8.64. The Kier molecular flexibility index (Phi) is 7.60. The molecule has 0 spiro atoms. The van der Waals surface area contributed by atoms with E-state index in [1.807, 2.05) is 49.3 Å². The molecule has 2 heterocycles. The van der Waals surface area contributed by atoms with E-state index in [0.29, 0.717) is 18.7 Å². The summed E-state index contributed by atoms with van der Waals surface area (Å²) in [5.74, 6) is -1.19. The molecule has 1 N–H and O–H groups in total. The van der Waals surface area contributed by atoms with E-state index in [2.05, 4.69) is 5.32 Å². The molecule has 8 nitrogen and oxygen atoms in total. The molecule has 0 bridgehead atoms. The predicted octanol–water partition coefficient (Wildman–Crippen LogP) is 2.67. The third-order valence-corrected chi connectivity index (χ3v) is 5.69. The standard InChI is InChI=1S/C27H27FN4O4/c1-30(2)12-13-31-14-15-32-17-22(26(34)29-16-19-8-10-21(28)11-9-19)24(33)25(23(32)27(31)35)36-18-20-6-4-3-5-7-20/h3-11,14-15,17H,12-13,16,18H2,1-2H3,(H,29,34). The van der Waals surface area contributed by atoms with Crippen molar-refractivity contribution in [3.05, 3.63) is 116 Å². The average molecular weight is 491 g/mol. The van der Waals surface area contributed by atoms with E-state index < -0.39 is 16.9 Å². The molecule has 0 aliphatic carbocycles. The van der Waals surface area contributed by atoms with Gasteiger partial charge in [-0.25, -0.2) is 4.39 Å². The van der Waals surface area contributed by atoms with Crippen molar-refractivity contribution in [1.29, 1.82) is 0 Å². The minimum Gasteiger partial charge on any atom is -0.483 e. The summed E-state index contributed by atoms with van der Waals surface area (Å²) in [6.07, 6.45) is 4.58. The van der Waals surface area contributed by atoms with Crippen molar-refractivity contribution in [2.45, 2.75) is 19.7 Å². The molecule has 186 valence electrons. The molecule has 4 aromatic rings. The van der Waals surface area contributed by atoms with Crippen molar-refractivity contribution in [3.8, 4) is 5.75 Å². The highest BCUT2D eigenvalue weighted by Gasteiger charge is 2.21. The Bertz CT molecular complexity index is 1480. The largest absolute Gasteiger partial charge is 0.483 e. The zero-order valence-electron chi connectivity index (χ0n) is 20.1. The van der Waals surface area contributed by atoms with E-state index in [4.69, 9.17) is 4.74 Å². The molecule has 0 unspecified atom stereocenters. The highest BCUT2D eigenvalue weighted by molar-refractivity contribution is 5.94. The minimum absolute atomic E-state index is 0.0540. The fourth-order valence-electron chi connectivity index (χ4n) is 3.68. The van der Waals surface area contributed by atoms with Gasteiger partial charge in [0.2, 0.25) is 5.43 Å². The summed E-state index contributed by atoms with van der Waals surface area (Å²) in [4.78, 5) is 41.7. The van der Waals surface area contributed by atoms with Crippen LogP contribution in [0.3, 0.4) is 0 Å². The fourth-order valence-corrected chi connectivity index (χ4v) is 3.68. The Morgan fingerprint density at radius 1 is 1.00 bits per heavy atom. The van der Waals surface area contributed by atoms with E-state index in [-0.39, 0.29) is 35.8 Å². The van der Waals surface area contributed by atoms with Gasteiger partial charge in [0.1, 0.15) is 18.0 Å². The zero-order chi connectivity index (χ0) is 25.7. The van der Waals surface area contributed by atoms with Gasteiger partial charge in [0, 0.05) is 38.2 Å². The van der Waals surface area contributed by atoms with Gasteiger partial charge in [0.25, 0.3) is 11.5 Å². The topological polar surface area (TPSA) is 85.1 Å². The van der Waals surface area contributed by atoms with Crippen LogP contribution in [0.15, 0.2) is 82.8 Å². The first-order chi connectivity index (χ1) is 17.3. The Labute approximate surface area is 207 Å². The third kappa shape index (κ3) is 5.69. The Balaban J connectivity index is 1.72. The molecular weight excluding hydrogens is 463 g/mol. The number of amides is 1. The highest BCUT2D eigenvalue weighted by atomic mass is 19.1. The van der Waals surface area contributed by atoms with Gasteiger partial charge in [0.15, 0.2) is 11.3 Å². The van der Waals surface area contributed by atoms with Crippen molar-refractivity contribution in [2.75, 3.05) is 20.6 Å². The van der Waals surface area contributed by atoms with Crippen LogP contribution in [0.2, 0.25) is 0 Å². The molecule has 36 heavy (non-hydrogen) atoms. The molecule has 2 aromatic heterocycles. The lowest BCUT2D eigenvalue weighted by molar-refractivity contribution is 0.0948. The molecule has 0 aliphatic rings. The minimum atomic E-state index is -0.676. The van der Waals surface area contributed by atoms with Crippen LogP contribution in [0.25, 0.3) is 5.52 Å². The van der Waals surface area contributed by atoms with E-state index in [9.17, 15) is 18.8 Å². The van der Waals surface area contributed by atoms with Gasteiger partial charge in [-0.2, -0.15) is 0 Å². The molecular formula is C27H27FN4O4. The number of nitrogens with zero attached hydrogens (tertiary/aromatic N) is 3. The van der Waals surface area contributed by atoms with Gasteiger partial charge in [-0.1, -0.05) is 42.5 Å². The van der Waals surface area contributed by atoms with Crippen molar-refractivity contribution in [3.63, 3.8) is 0 Å². The molecule has 0 saturated carbocycles. The van der Waals surface area contributed by atoms with Crippen molar-refractivity contribution >= 4 is 11.4 Å². The van der Waals surface area contributed by atoms with E-state index >= 15 is 0 Å². The monoisotopic (exact) mass is 490 g/mol. The summed E-state index contributed by atoms with van der Waals surface area (Å²) in [7, 11) is 3.81. The molecule has 9 heteroatoms. The summed E-state index contributed by atoms with van der Waals surface area (Å²) < 4.78 is 22.0. The Hall–Kier alpha value is -4.24. The normalized spacial score (nSPS) is 11.1. The number of likely N-dealkylation sites (N-methyl/N-ethyl adjacent to an activating group) is 1. The molecule has 4 rings (SSSR count). The maximum atomic E-state index is 13.4. The number of benzene rings is 2. The number of hydrogen-bond acceptors (Lipinski definition) is 5. The number of carbonyl (C=O) groups is 1. The highest BCUT2D eigenvalue weighted by Crippen LogP contribution is 2.16. The van der Waals surface area contributed by atoms with Crippen LogP contribution in [-0.2, 0) is 19.7 Å². The number of aromatic nitrogens is 2. The molecule has 0 aliphatic heterocycles. The van der Waals surface area contributed by atoms with Crippen LogP contribution in [-0.4, -0.2) is 40.4 Å². The summed E-state index contributed by atoms with van der Waals surface area (Å²) in [6.45, 7) is 1.21. The van der Waals surface area contributed by atoms with Crippen molar-refractivity contribution < 1.29 is 13.9 Å². The summed E-state index contributed by atoms with van der Waals surface area (Å²) >= 11 is 0. The van der Waals surface area contributed by atoms with Gasteiger partial charge >= 0.3 is 0 Å².